The number of hydrogen-bond donors (Lipinski definition) is 2. The first-order valence-corrected chi connectivity index (χ1v) is 7.25. The first-order chi connectivity index (χ1) is 8.90. The van der Waals surface area contributed by atoms with Gasteiger partial charge in [0.05, 0.1) is 10.2 Å². The van der Waals surface area contributed by atoms with Gasteiger partial charge in [-0.1, -0.05) is 52.2 Å². The Morgan fingerprint density at radius 3 is 2.79 bits per heavy atom. The quantitative estimate of drug-likeness (QED) is 0.510. The van der Waals surface area contributed by atoms with Crippen molar-refractivity contribution in [3.8, 4) is 0 Å². The second-order valence-corrected chi connectivity index (χ2v) is 7.29. The van der Waals surface area contributed by atoms with Crippen LogP contribution < -0.4 is 10.6 Å². The summed E-state index contributed by atoms with van der Waals surface area (Å²) in [5.41, 5.74) is 2.00. The third kappa shape index (κ3) is 3.63. The molecule has 0 bridgehead atoms. The van der Waals surface area contributed by atoms with Gasteiger partial charge < -0.3 is 10.6 Å². The standard InChI is InChI=1S/C11H10Cl3N3OS/c1-6-2-3-7-8(4-6)19-10(16-7)17-9(15-5-18)11(12,13)14/h2-5,9H,1H3,(H,15,18)(H,16,17)/t9-/m1/s1. The highest BCUT2D eigenvalue weighted by Gasteiger charge is 2.33. The summed E-state index contributed by atoms with van der Waals surface area (Å²) in [5, 5.41) is 5.88. The molecule has 8 heteroatoms. The molecule has 0 radical (unpaired) electrons. The molecule has 0 saturated heterocycles. The fourth-order valence-corrected chi connectivity index (χ4v) is 2.85. The number of anilines is 1. The molecule has 0 aliphatic rings. The highest BCUT2D eigenvalue weighted by atomic mass is 35.6. The van der Waals surface area contributed by atoms with Crippen LogP contribution >= 0.6 is 46.1 Å². The van der Waals surface area contributed by atoms with Gasteiger partial charge in [-0.15, -0.1) is 0 Å². The van der Waals surface area contributed by atoms with E-state index in [0.717, 1.165) is 15.8 Å². The summed E-state index contributed by atoms with van der Waals surface area (Å²) < 4.78 is -0.647. The molecule has 0 unspecified atom stereocenters. The van der Waals surface area contributed by atoms with Crippen LogP contribution in [0.2, 0.25) is 0 Å². The molecular formula is C11H10Cl3N3OS. The first kappa shape index (κ1) is 14.7. The minimum absolute atomic E-state index is 0.469. The third-order valence-corrected chi connectivity index (χ3v) is 3.98. The van der Waals surface area contributed by atoms with Gasteiger partial charge in [0.2, 0.25) is 10.2 Å². The van der Waals surface area contributed by atoms with Gasteiger partial charge in [-0.2, -0.15) is 0 Å². The van der Waals surface area contributed by atoms with E-state index in [2.05, 4.69) is 15.6 Å². The Hall–Kier alpha value is -0.750. The number of halogens is 3. The van der Waals surface area contributed by atoms with E-state index < -0.39 is 9.96 Å². The van der Waals surface area contributed by atoms with Crippen molar-refractivity contribution >= 4 is 67.9 Å². The number of benzene rings is 1. The third-order valence-electron chi connectivity index (χ3n) is 2.37. The number of alkyl halides is 3. The zero-order valence-electron chi connectivity index (χ0n) is 9.78. The Morgan fingerprint density at radius 2 is 2.16 bits per heavy atom. The molecule has 1 heterocycles. The van der Waals surface area contributed by atoms with E-state index in [1.165, 1.54) is 11.3 Å². The number of carbonyl (C=O) groups is 1. The smallest absolute Gasteiger partial charge is 0.228 e. The highest BCUT2D eigenvalue weighted by molar-refractivity contribution is 7.22. The molecule has 1 aromatic carbocycles. The second kappa shape index (κ2) is 5.71. The predicted molar refractivity (Wildman–Crippen MR) is 81.3 cm³/mol. The highest BCUT2D eigenvalue weighted by Crippen LogP contribution is 2.33. The maximum atomic E-state index is 10.5. The number of carbonyl (C=O) groups excluding carboxylic acids is 1. The summed E-state index contributed by atoms with van der Waals surface area (Å²) in [6.07, 6.45) is -0.381. The zero-order chi connectivity index (χ0) is 14.0. The van der Waals surface area contributed by atoms with Crippen LogP contribution in [0.1, 0.15) is 5.56 Å². The van der Waals surface area contributed by atoms with E-state index in [1.807, 2.05) is 25.1 Å². The lowest BCUT2D eigenvalue weighted by atomic mass is 10.2. The Morgan fingerprint density at radius 1 is 1.42 bits per heavy atom. The molecular weight excluding hydrogens is 329 g/mol. The lowest BCUT2D eigenvalue weighted by molar-refractivity contribution is -0.110. The normalized spacial score (nSPS) is 13.3. The van der Waals surface area contributed by atoms with Crippen molar-refractivity contribution < 1.29 is 4.79 Å². The molecule has 2 aromatic rings. The molecule has 102 valence electrons. The lowest BCUT2D eigenvalue weighted by Crippen LogP contribution is -2.45. The summed E-state index contributed by atoms with van der Waals surface area (Å²) >= 11 is 18.8. The average Bonchev–Trinajstić information content (AvgIpc) is 2.68. The van der Waals surface area contributed by atoms with Gasteiger partial charge in [0, 0.05) is 0 Å². The van der Waals surface area contributed by atoms with Crippen molar-refractivity contribution in [2.75, 3.05) is 5.32 Å². The first-order valence-electron chi connectivity index (χ1n) is 5.30. The molecule has 1 amide bonds. The molecule has 0 aliphatic carbocycles. The van der Waals surface area contributed by atoms with Crippen LogP contribution in [0, 0.1) is 6.92 Å². The number of fused-ring (bicyclic) bond motifs is 1. The average molecular weight is 339 g/mol. The monoisotopic (exact) mass is 337 g/mol. The molecule has 2 rings (SSSR count). The summed E-state index contributed by atoms with van der Waals surface area (Å²) in [7, 11) is 0. The Kier molecular flexibility index (Phi) is 4.40. The summed E-state index contributed by atoms with van der Waals surface area (Å²) in [6.45, 7) is 2.00. The van der Waals surface area contributed by atoms with Crippen LogP contribution in [-0.2, 0) is 4.79 Å². The van der Waals surface area contributed by atoms with Crippen molar-refractivity contribution in [1.82, 2.24) is 10.3 Å². The number of aromatic nitrogens is 1. The molecule has 19 heavy (non-hydrogen) atoms. The Labute approximate surface area is 129 Å². The minimum atomic E-state index is -1.67. The van der Waals surface area contributed by atoms with Gasteiger partial charge in [-0.25, -0.2) is 4.98 Å². The van der Waals surface area contributed by atoms with Crippen LogP contribution in [0.15, 0.2) is 18.2 Å². The topological polar surface area (TPSA) is 54.0 Å². The van der Waals surface area contributed by atoms with Gasteiger partial charge in [0.15, 0.2) is 5.13 Å². The number of thiazole rings is 1. The van der Waals surface area contributed by atoms with Gasteiger partial charge in [-0.3, -0.25) is 4.79 Å². The number of rotatable bonds is 4. The van der Waals surface area contributed by atoms with Gasteiger partial charge in [0.25, 0.3) is 0 Å². The molecule has 0 saturated carbocycles. The van der Waals surface area contributed by atoms with E-state index in [9.17, 15) is 4.79 Å². The van der Waals surface area contributed by atoms with Gasteiger partial charge >= 0.3 is 0 Å². The van der Waals surface area contributed by atoms with Crippen molar-refractivity contribution in [1.29, 1.82) is 0 Å². The van der Waals surface area contributed by atoms with Crippen LogP contribution in [0.5, 0.6) is 0 Å². The minimum Gasteiger partial charge on any atom is -0.338 e. The number of aryl methyl sites for hydroxylation is 1. The molecule has 1 atom stereocenters. The van der Waals surface area contributed by atoms with Crippen LogP contribution in [0.3, 0.4) is 0 Å². The predicted octanol–water partition coefficient (Wildman–Crippen LogP) is 3.46. The summed E-state index contributed by atoms with van der Waals surface area (Å²) in [4.78, 5) is 14.9. The van der Waals surface area contributed by atoms with E-state index in [4.69, 9.17) is 34.8 Å². The number of hydrogen-bond acceptors (Lipinski definition) is 4. The van der Waals surface area contributed by atoms with Crippen LogP contribution in [0.4, 0.5) is 5.13 Å². The lowest BCUT2D eigenvalue weighted by Gasteiger charge is -2.24. The van der Waals surface area contributed by atoms with Crippen LogP contribution in [-0.4, -0.2) is 21.4 Å². The summed E-state index contributed by atoms with van der Waals surface area (Å²) in [5.74, 6) is 0. The van der Waals surface area contributed by atoms with Crippen LogP contribution in [0.25, 0.3) is 10.2 Å². The van der Waals surface area contributed by atoms with Crippen molar-refractivity contribution in [2.45, 2.75) is 16.9 Å². The van der Waals surface area contributed by atoms with E-state index in [1.54, 1.807) is 0 Å². The van der Waals surface area contributed by atoms with E-state index >= 15 is 0 Å². The van der Waals surface area contributed by atoms with E-state index in [0.29, 0.717) is 11.5 Å². The molecule has 0 aliphatic heterocycles. The maximum Gasteiger partial charge on any atom is 0.228 e. The molecule has 0 fully saturated rings. The Bertz CT molecular complexity index is 596. The number of amides is 1. The number of nitrogens with zero attached hydrogens (tertiary/aromatic N) is 1. The molecule has 2 N–H and O–H groups in total. The van der Waals surface area contributed by atoms with Crippen molar-refractivity contribution in [3.05, 3.63) is 23.8 Å². The second-order valence-electron chi connectivity index (χ2n) is 3.89. The van der Waals surface area contributed by atoms with Gasteiger partial charge in [-0.05, 0) is 24.6 Å². The van der Waals surface area contributed by atoms with E-state index in [-0.39, 0.29) is 0 Å². The largest absolute Gasteiger partial charge is 0.338 e. The SMILES string of the molecule is Cc1ccc2nc(N[C@@H](NC=O)C(Cl)(Cl)Cl)sc2c1. The fourth-order valence-electron chi connectivity index (χ4n) is 1.50. The van der Waals surface area contributed by atoms with Crippen molar-refractivity contribution in [2.24, 2.45) is 0 Å². The van der Waals surface area contributed by atoms with Gasteiger partial charge in [0.1, 0.15) is 6.17 Å². The van der Waals surface area contributed by atoms with Crippen molar-refractivity contribution in [3.63, 3.8) is 0 Å². The Balaban J connectivity index is 2.26. The zero-order valence-corrected chi connectivity index (χ0v) is 12.9. The summed E-state index contributed by atoms with van der Waals surface area (Å²) in [6, 6.07) is 5.92. The molecule has 4 nitrogen and oxygen atoms in total. The number of nitrogens with one attached hydrogen (secondary N) is 2. The molecule has 1 aromatic heterocycles. The fraction of sp³-hybridized carbons (Fsp3) is 0.273. The maximum absolute atomic E-state index is 10.5. The molecule has 0 spiro atoms.